The second-order valence-electron chi connectivity index (χ2n) is 2.94. The van der Waals surface area contributed by atoms with Gasteiger partial charge in [0.1, 0.15) is 12.1 Å². The Kier molecular flexibility index (Phi) is 5.19. The van der Waals surface area contributed by atoms with Crippen molar-refractivity contribution >= 4 is 33.3 Å². The summed E-state index contributed by atoms with van der Waals surface area (Å²) in [5.74, 6) is 0.819. The molecule has 1 rings (SSSR count). The van der Waals surface area contributed by atoms with Crippen molar-refractivity contribution < 1.29 is 0 Å². The molecule has 1 unspecified atom stereocenters. The van der Waals surface area contributed by atoms with E-state index in [1.54, 1.807) is 6.20 Å². The first-order chi connectivity index (χ1) is 6.74. The summed E-state index contributed by atoms with van der Waals surface area (Å²) in [7, 11) is 0. The second-order valence-corrected chi connectivity index (χ2v) is 4.41. The van der Waals surface area contributed by atoms with Gasteiger partial charge in [-0.2, -0.15) is 0 Å². The van der Waals surface area contributed by atoms with E-state index in [0.717, 1.165) is 29.7 Å². The zero-order valence-electron chi connectivity index (χ0n) is 8.00. The van der Waals surface area contributed by atoms with E-state index in [-0.39, 0.29) is 5.38 Å². The van der Waals surface area contributed by atoms with Crippen LogP contribution < -0.4 is 5.32 Å². The standard InChI is InChI=1S/C9H13BrClN3/c1-2-7(11)3-4-13-9-8(10)5-12-6-14-9/h5-7H,2-4H2,1H3,(H,12,13,14). The van der Waals surface area contributed by atoms with E-state index in [9.17, 15) is 0 Å². The molecule has 0 bridgehead atoms. The van der Waals surface area contributed by atoms with Crippen LogP contribution in [0.15, 0.2) is 17.0 Å². The molecule has 0 aliphatic rings. The van der Waals surface area contributed by atoms with Crippen LogP contribution >= 0.6 is 27.5 Å². The lowest BCUT2D eigenvalue weighted by Crippen LogP contribution is -2.09. The zero-order valence-corrected chi connectivity index (χ0v) is 10.3. The first-order valence-corrected chi connectivity index (χ1v) is 5.80. The van der Waals surface area contributed by atoms with Gasteiger partial charge in [-0.25, -0.2) is 9.97 Å². The molecule has 0 amide bonds. The fourth-order valence-corrected chi connectivity index (χ4v) is 1.46. The van der Waals surface area contributed by atoms with Gasteiger partial charge in [0, 0.05) is 18.1 Å². The molecule has 0 saturated heterocycles. The SMILES string of the molecule is CCC(Cl)CCNc1ncncc1Br. The highest BCUT2D eigenvalue weighted by molar-refractivity contribution is 9.10. The number of nitrogens with one attached hydrogen (secondary N) is 1. The van der Waals surface area contributed by atoms with Crippen molar-refractivity contribution in [3.63, 3.8) is 0 Å². The minimum Gasteiger partial charge on any atom is -0.369 e. The maximum atomic E-state index is 5.99. The van der Waals surface area contributed by atoms with Crippen molar-refractivity contribution in [3.8, 4) is 0 Å². The summed E-state index contributed by atoms with van der Waals surface area (Å²) in [5, 5.41) is 3.43. The molecule has 1 atom stereocenters. The van der Waals surface area contributed by atoms with Crippen molar-refractivity contribution in [2.75, 3.05) is 11.9 Å². The minimum atomic E-state index is 0.239. The first-order valence-electron chi connectivity index (χ1n) is 4.57. The number of nitrogens with zero attached hydrogens (tertiary/aromatic N) is 2. The number of aromatic nitrogens is 2. The van der Waals surface area contributed by atoms with Crippen molar-refractivity contribution in [3.05, 3.63) is 17.0 Å². The van der Waals surface area contributed by atoms with Gasteiger partial charge in [0.2, 0.25) is 0 Å². The fourth-order valence-electron chi connectivity index (χ4n) is 0.994. The third-order valence-electron chi connectivity index (χ3n) is 1.86. The van der Waals surface area contributed by atoms with E-state index in [0.29, 0.717) is 0 Å². The Morgan fingerprint density at radius 1 is 1.64 bits per heavy atom. The summed E-state index contributed by atoms with van der Waals surface area (Å²) < 4.78 is 0.877. The van der Waals surface area contributed by atoms with Gasteiger partial charge in [0.25, 0.3) is 0 Å². The lowest BCUT2D eigenvalue weighted by Gasteiger charge is -2.08. The van der Waals surface area contributed by atoms with Crippen molar-refractivity contribution in [1.29, 1.82) is 0 Å². The van der Waals surface area contributed by atoms with Crippen LogP contribution in [-0.2, 0) is 0 Å². The molecule has 5 heteroatoms. The molecule has 0 aliphatic heterocycles. The Balaban J connectivity index is 2.35. The molecule has 1 aromatic heterocycles. The number of hydrogen-bond donors (Lipinski definition) is 1. The molecule has 78 valence electrons. The van der Waals surface area contributed by atoms with E-state index >= 15 is 0 Å². The molecule has 1 aromatic rings. The van der Waals surface area contributed by atoms with Crippen LogP contribution in [0.4, 0.5) is 5.82 Å². The quantitative estimate of drug-likeness (QED) is 0.841. The van der Waals surface area contributed by atoms with E-state index in [1.807, 2.05) is 0 Å². The summed E-state index contributed by atoms with van der Waals surface area (Å²) in [6, 6.07) is 0. The molecule has 1 heterocycles. The highest BCUT2D eigenvalue weighted by Gasteiger charge is 2.02. The van der Waals surface area contributed by atoms with Crippen LogP contribution in [-0.4, -0.2) is 21.9 Å². The Morgan fingerprint density at radius 3 is 3.07 bits per heavy atom. The minimum absolute atomic E-state index is 0.239. The number of halogens is 2. The molecular formula is C9H13BrClN3. The highest BCUT2D eigenvalue weighted by atomic mass is 79.9. The summed E-state index contributed by atoms with van der Waals surface area (Å²) in [5.41, 5.74) is 0. The average molecular weight is 279 g/mol. The fraction of sp³-hybridized carbons (Fsp3) is 0.556. The predicted molar refractivity (Wildman–Crippen MR) is 62.8 cm³/mol. The molecule has 0 aliphatic carbocycles. The third kappa shape index (κ3) is 3.80. The Bertz CT molecular complexity index is 283. The molecule has 3 nitrogen and oxygen atoms in total. The van der Waals surface area contributed by atoms with E-state index in [1.165, 1.54) is 6.33 Å². The van der Waals surface area contributed by atoms with Gasteiger partial charge >= 0.3 is 0 Å². The molecule has 0 spiro atoms. The smallest absolute Gasteiger partial charge is 0.143 e. The highest BCUT2D eigenvalue weighted by Crippen LogP contribution is 2.17. The summed E-state index contributed by atoms with van der Waals surface area (Å²) in [6.45, 7) is 2.91. The average Bonchev–Trinajstić information content (AvgIpc) is 2.20. The van der Waals surface area contributed by atoms with Gasteiger partial charge < -0.3 is 5.32 Å². The maximum absolute atomic E-state index is 5.99. The summed E-state index contributed by atoms with van der Waals surface area (Å²) in [6.07, 6.45) is 5.17. The monoisotopic (exact) mass is 277 g/mol. The maximum Gasteiger partial charge on any atom is 0.143 e. The van der Waals surface area contributed by atoms with Crippen LogP contribution in [0.5, 0.6) is 0 Å². The Morgan fingerprint density at radius 2 is 2.43 bits per heavy atom. The van der Waals surface area contributed by atoms with E-state index < -0.39 is 0 Å². The molecule has 0 saturated carbocycles. The molecular weight excluding hydrogens is 265 g/mol. The Hall–Kier alpha value is -0.350. The summed E-state index contributed by atoms with van der Waals surface area (Å²) in [4.78, 5) is 7.97. The summed E-state index contributed by atoms with van der Waals surface area (Å²) >= 11 is 9.35. The van der Waals surface area contributed by atoms with Crippen LogP contribution in [0, 0.1) is 0 Å². The third-order valence-corrected chi connectivity index (χ3v) is 2.97. The van der Waals surface area contributed by atoms with Gasteiger partial charge in [-0.3, -0.25) is 0 Å². The van der Waals surface area contributed by atoms with Gasteiger partial charge in [-0.15, -0.1) is 11.6 Å². The van der Waals surface area contributed by atoms with Crippen LogP contribution in [0.3, 0.4) is 0 Å². The normalized spacial score (nSPS) is 12.5. The largest absolute Gasteiger partial charge is 0.369 e. The van der Waals surface area contributed by atoms with Gasteiger partial charge in [0.05, 0.1) is 4.47 Å². The van der Waals surface area contributed by atoms with Gasteiger partial charge in [0.15, 0.2) is 0 Å². The topological polar surface area (TPSA) is 37.8 Å². The van der Waals surface area contributed by atoms with Crippen molar-refractivity contribution in [2.24, 2.45) is 0 Å². The second kappa shape index (κ2) is 6.19. The van der Waals surface area contributed by atoms with Crippen LogP contribution in [0.2, 0.25) is 0 Å². The van der Waals surface area contributed by atoms with Crippen LogP contribution in [0.25, 0.3) is 0 Å². The van der Waals surface area contributed by atoms with Crippen LogP contribution in [0.1, 0.15) is 19.8 Å². The molecule has 14 heavy (non-hydrogen) atoms. The van der Waals surface area contributed by atoms with E-state index in [4.69, 9.17) is 11.6 Å². The molecule has 0 radical (unpaired) electrons. The molecule has 1 N–H and O–H groups in total. The Labute approximate surface area is 97.4 Å². The lowest BCUT2D eigenvalue weighted by atomic mass is 10.2. The number of rotatable bonds is 5. The van der Waals surface area contributed by atoms with Crippen molar-refractivity contribution in [2.45, 2.75) is 25.1 Å². The van der Waals surface area contributed by atoms with E-state index in [2.05, 4.69) is 38.1 Å². The lowest BCUT2D eigenvalue weighted by molar-refractivity contribution is 0.751. The predicted octanol–water partition coefficient (Wildman–Crippen LogP) is 3.06. The number of hydrogen-bond acceptors (Lipinski definition) is 3. The first kappa shape index (κ1) is 11.7. The molecule has 0 fully saturated rings. The molecule has 0 aromatic carbocycles. The van der Waals surface area contributed by atoms with Gasteiger partial charge in [-0.1, -0.05) is 6.92 Å². The number of alkyl halides is 1. The van der Waals surface area contributed by atoms with Gasteiger partial charge in [-0.05, 0) is 28.8 Å². The number of anilines is 1. The van der Waals surface area contributed by atoms with Crippen molar-refractivity contribution in [1.82, 2.24) is 9.97 Å². The zero-order chi connectivity index (χ0) is 10.4.